The maximum absolute atomic E-state index is 12.8. The minimum absolute atomic E-state index is 0.144. The molecule has 2 fully saturated rings. The Morgan fingerprint density at radius 2 is 1.93 bits per heavy atom. The summed E-state index contributed by atoms with van der Waals surface area (Å²) in [6.45, 7) is 0.578. The largest absolute Gasteiger partial charge is 0.349 e. The first-order valence-corrected chi connectivity index (χ1v) is 12.0. The van der Waals surface area contributed by atoms with E-state index in [1.807, 2.05) is 0 Å². The Bertz CT molecular complexity index is 1000. The lowest BCUT2D eigenvalue weighted by molar-refractivity contribution is -0.120. The fourth-order valence-corrected chi connectivity index (χ4v) is 6.06. The van der Waals surface area contributed by atoms with Crippen molar-refractivity contribution >= 4 is 38.9 Å². The summed E-state index contributed by atoms with van der Waals surface area (Å²) in [5.41, 5.74) is 1.04. The standard InChI is InChI=1S/C20H23N3O4S2/c24-19(21-16-8-9-16)14-4-1-6-17(12-14)22-20(25)15-5-2-10-23(13-15)29(26,27)18-7-3-11-28-18/h1,3-4,6-7,11-12,15-16H,2,5,8-10,13H2,(H,21,24)(H,22,25)/t15-/m1/s1. The topological polar surface area (TPSA) is 95.6 Å². The molecule has 2 amide bonds. The Morgan fingerprint density at radius 3 is 2.66 bits per heavy atom. The number of hydrogen-bond donors (Lipinski definition) is 2. The molecule has 1 aromatic heterocycles. The van der Waals surface area contributed by atoms with Gasteiger partial charge >= 0.3 is 0 Å². The molecular weight excluding hydrogens is 410 g/mol. The Labute approximate surface area is 174 Å². The van der Waals surface area contributed by atoms with Gasteiger partial charge in [0.1, 0.15) is 4.21 Å². The van der Waals surface area contributed by atoms with Crippen LogP contribution in [0, 0.1) is 5.92 Å². The van der Waals surface area contributed by atoms with Crippen molar-refractivity contribution in [3.63, 3.8) is 0 Å². The highest BCUT2D eigenvalue weighted by Crippen LogP contribution is 2.27. The summed E-state index contributed by atoms with van der Waals surface area (Å²) in [6.07, 6.45) is 3.28. The van der Waals surface area contributed by atoms with E-state index >= 15 is 0 Å². The molecule has 9 heteroatoms. The molecule has 1 aliphatic carbocycles. The number of nitrogens with one attached hydrogen (secondary N) is 2. The van der Waals surface area contributed by atoms with Crippen LogP contribution >= 0.6 is 11.3 Å². The van der Waals surface area contributed by atoms with Crippen LogP contribution in [-0.2, 0) is 14.8 Å². The first-order valence-electron chi connectivity index (χ1n) is 9.69. The molecule has 2 N–H and O–H groups in total. The van der Waals surface area contributed by atoms with Crippen LogP contribution in [-0.4, -0.2) is 43.7 Å². The van der Waals surface area contributed by atoms with Crippen molar-refractivity contribution in [1.29, 1.82) is 0 Å². The highest BCUT2D eigenvalue weighted by atomic mass is 32.2. The third kappa shape index (κ3) is 4.68. The number of amides is 2. The molecular formula is C20H23N3O4S2. The van der Waals surface area contributed by atoms with Gasteiger partial charge < -0.3 is 10.6 Å². The minimum Gasteiger partial charge on any atom is -0.349 e. The molecule has 1 saturated heterocycles. The van der Waals surface area contributed by atoms with Gasteiger partial charge in [-0.3, -0.25) is 9.59 Å². The second-order valence-corrected chi connectivity index (χ2v) is 10.6. The molecule has 2 aromatic rings. The molecule has 1 saturated carbocycles. The van der Waals surface area contributed by atoms with Crippen molar-refractivity contribution in [3.05, 3.63) is 47.3 Å². The van der Waals surface area contributed by atoms with Gasteiger partial charge in [-0.25, -0.2) is 8.42 Å². The van der Waals surface area contributed by atoms with E-state index in [1.54, 1.807) is 41.8 Å². The van der Waals surface area contributed by atoms with Gasteiger partial charge in [0.05, 0.1) is 5.92 Å². The van der Waals surface area contributed by atoms with Crippen LogP contribution in [0.2, 0.25) is 0 Å². The summed E-state index contributed by atoms with van der Waals surface area (Å²) in [5.74, 6) is -0.798. The van der Waals surface area contributed by atoms with Gasteiger partial charge in [-0.15, -0.1) is 11.3 Å². The van der Waals surface area contributed by atoms with E-state index in [0.717, 1.165) is 12.8 Å². The first-order chi connectivity index (χ1) is 13.9. The molecule has 0 radical (unpaired) electrons. The number of piperidine rings is 1. The molecule has 0 unspecified atom stereocenters. The van der Waals surface area contributed by atoms with Gasteiger partial charge in [0.2, 0.25) is 5.91 Å². The molecule has 0 bridgehead atoms. The number of carbonyl (C=O) groups is 2. The van der Waals surface area contributed by atoms with E-state index < -0.39 is 15.9 Å². The zero-order valence-corrected chi connectivity index (χ0v) is 17.5. The van der Waals surface area contributed by atoms with Crippen LogP contribution < -0.4 is 10.6 Å². The van der Waals surface area contributed by atoms with Crippen LogP contribution in [0.4, 0.5) is 5.69 Å². The Kier molecular flexibility index (Phi) is 5.71. The molecule has 7 nitrogen and oxygen atoms in total. The molecule has 29 heavy (non-hydrogen) atoms. The van der Waals surface area contributed by atoms with Crippen molar-refractivity contribution in [1.82, 2.24) is 9.62 Å². The van der Waals surface area contributed by atoms with Gasteiger partial charge in [0.15, 0.2) is 0 Å². The average molecular weight is 434 g/mol. The summed E-state index contributed by atoms with van der Waals surface area (Å²) in [7, 11) is -3.56. The average Bonchev–Trinajstić information content (AvgIpc) is 3.35. The number of sulfonamides is 1. The smallest absolute Gasteiger partial charge is 0.252 e. The monoisotopic (exact) mass is 433 g/mol. The predicted molar refractivity (Wildman–Crippen MR) is 111 cm³/mol. The van der Waals surface area contributed by atoms with Crippen molar-refractivity contribution in [2.24, 2.45) is 5.92 Å². The van der Waals surface area contributed by atoms with E-state index in [-0.39, 0.29) is 24.4 Å². The molecule has 1 aromatic carbocycles. The van der Waals surface area contributed by atoms with Crippen LogP contribution in [0.3, 0.4) is 0 Å². The van der Waals surface area contributed by atoms with Gasteiger partial charge in [0, 0.05) is 30.4 Å². The lowest BCUT2D eigenvalue weighted by Gasteiger charge is -2.30. The second-order valence-electron chi connectivity index (χ2n) is 7.45. The SMILES string of the molecule is O=C(NC1CC1)c1cccc(NC(=O)[C@@H]2CCCN(S(=O)(=O)c3cccs3)C2)c1. The minimum atomic E-state index is -3.56. The highest BCUT2D eigenvalue weighted by molar-refractivity contribution is 7.91. The zero-order chi connectivity index (χ0) is 20.4. The Hall–Kier alpha value is -2.23. The van der Waals surface area contributed by atoms with Gasteiger partial charge in [-0.1, -0.05) is 12.1 Å². The van der Waals surface area contributed by atoms with Crippen molar-refractivity contribution in [2.45, 2.75) is 35.9 Å². The van der Waals surface area contributed by atoms with Gasteiger partial charge in [-0.2, -0.15) is 4.31 Å². The van der Waals surface area contributed by atoms with Crippen LogP contribution in [0.25, 0.3) is 0 Å². The normalized spacial score (nSPS) is 20.2. The van der Waals surface area contributed by atoms with Crippen molar-refractivity contribution < 1.29 is 18.0 Å². The quantitative estimate of drug-likeness (QED) is 0.732. The fourth-order valence-electron chi connectivity index (χ4n) is 3.39. The summed E-state index contributed by atoms with van der Waals surface area (Å²) < 4.78 is 27.2. The molecule has 1 atom stereocenters. The third-order valence-corrected chi connectivity index (χ3v) is 8.39. The summed E-state index contributed by atoms with van der Waals surface area (Å²) in [5, 5.41) is 7.50. The maximum atomic E-state index is 12.8. The van der Waals surface area contributed by atoms with E-state index in [2.05, 4.69) is 10.6 Å². The molecule has 4 rings (SSSR count). The third-order valence-electron chi connectivity index (χ3n) is 5.15. The number of rotatable bonds is 6. The lowest BCUT2D eigenvalue weighted by atomic mass is 9.98. The summed E-state index contributed by atoms with van der Waals surface area (Å²) in [4.78, 5) is 25.0. The van der Waals surface area contributed by atoms with Gasteiger partial charge in [0.25, 0.3) is 15.9 Å². The molecule has 0 spiro atoms. The predicted octanol–water partition coefficient (Wildman–Crippen LogP) is 2.68. The Balaban J connectivity index is 1.41. The van der Waals surface area contributed by atoms with E-state index in [4.69, 9.17) is 0 Å². The number of thiophene rings is 1. The second kappa shape index (κ2) is 8.25. The highest BCUT2D eigenvalue weighted by Gasteiger charge is 2.34. The van der Waals surface area contributed by atoms with Crippen molar-refractivity contribution in [2.75, 3.05) is 18.4 Å². The van der Waals surface area contributed by atoms with Crippen LogP contribution in [0.1, 0.15) is 36.0 Å². The number of hydrogen-bond acceptors (Lipinski definition) is 5. The van der Waals surface area contributed by atoms with E-state index in [9.17, 15) is 18.0 Å². The molecule has 2 heterocycles. The number of benzene rings is 1. The molecule has 2 aliphatic rings. The number of carbonyl (C=O) groups excluding carboxylic acids is 2. The van der Waals surface area contributed by atoms with Crippen LogP contribution in [0.15, 0.2) is 46.0 Å². The number of nitrogens with zero attached hydrogens (tertiary/aromatic N) is 1. The van der Waals surface area contributed by atoms with Crippen LogP contribution in [0.5, 0.6) is 0 Å². The fraction of sp³-hybridized carbons (Fsp3) is 0.400. The van der Waals surface area contributed by atoms with Crippen molar-refractivity contribution in [3.8, 4) is 0 Å². The molecule has 1 aliphatic heterocycles. The summed E-state index contributed by atoms with van der Waals surface area (Å²) >= 11 is 1.18. The zero-order valence-electron chi connectivity index (χ0n) is 15.8. The maximum Gasteiger partial charge on any atom is 0.252 e. The van der Waals surface area contributed by atoms with E-state index in [1.165, 1.54) is 15.6 Å². The summed E-state index contributed by atoms with van der Waals surface area (Å²) in [6, 6.07) is 10.4. The lowest BCUT2D eigenvalue weighted by Crippen LogP contribution is -2.43. The first kappa shape index (κ1) is 20.1. The van der Waals surface area contributed by atoms with E-state index in [0.29, 0.717) is 34.8 Å². The molecule has 154 valence electrons. The van der Waals surface area contributed by atoms with Gasteiger partial charge in [-0.05, 0) is 55.3 Å². The number of anilines is 1. The Morgan fingerprint density at radius 1 is 1.10 bits per heavy atom.